The molecule has 1 unspecified atom stereocenters. The van der Waals surface area contributed by atoms with Gasteiger partial charge in [0.1, 0.15) is 23.4 Å². The number of hydrogen-bond acceptors (Lipinski definition) is 6. The van der Waals surface area contributed by atoms with Crippen molar-refractivity contribution in [3.8, 4) is 22.9 Å². The maximum Gasteiger partial charge on any atom is 0.262 e. The Bertz CT molecular complexity index is 1510. The highest BCUT2D eigenvalue weighted by Crippen LogP contribution is 2.28. The lowest BCUT2D eigenvalue weighted by Gasteiger charge is -2.26. The molecule has 1 aliphatic heterocycles. The molecule has 0 saturated carbocycles. The maximum absolute atomic E-state index is 14.1. The average Bonchev–Trinajstić information content (AvgIpc) is 2.99. The van der Waals surface area contributed by atoms with Crippen LogP contribution in [0.1, 0.15) is 37.3 Å². The minimum Gasteiger partial charge on any atom is -0.497 e. The van der Waals surface area contributed by atoms with Gasteiger partial charge in [-0.1, -0.05) is 48.9 Å². The van der Waals surface area contributed by atoms with Gasteiger partial charge in [0.05, 0.1) is 24.6 Å². The number of nitrogens with zero attached hydrogens (tertiary/aromatic N) is 3. The van der Waals surface area contributed by atoms with Crippen LogP contribution >= 0.6 is 0 Å². The molecular formula is C32H36N4O4. The first-order chi connectivity index (χ1) is 19.5. The normalized spacial score (nSPS) is 14.6. The van der Waals surface area contributed by atoms with Crippen molar-refractivity contribution in [1.29, 1.82) is 0 Å². The quantitative estimate of drug-likeness (QED) is 0.279. The van der Waals surface area contributed by atoms with Crippen LogP contribution in [-0.4, -0.2) is 53.7 Å². The van der Waals surface area contributed by atoms with Gasteiger partial charge in [0, 0.05) is 18.5 Å². The summed E-state index contributed by atoms with van der Waals surface area (Å²) in [5.74, 6) is 0.961. The molecule has 3 aromatic carbocycles. The summed E-state index contributed by atoms with van der Waals surface area (Å²) >= 11 is 0. The first-order valence-electron chi connectivity index (χ1n) is 13.9. The second kappa shape index (κ2) is 12.8. The lowest BCUT2D eigenvalue weighted by molar-refractivity contribution is -0.121. The fourth-order valence-electron chi connectivity index (χ4n) is 5.34. The number of fused-ring (bicyclic) bond motifs is 1. The molecule has 8 nitrogen and oxygen atoms in total. The summed E-state index contributed by atoms with van der Waals surface area (Å²) < 4.78 is 12.9. The van der Waals surface area contributed by atoms with Crippen LogP contribution in [0.3, 0.4) is 0 Å². The number of carbonyl (C=O) groups excluding carboxylic acids is 1. The molecule has 40 heavy (non-hydrogen) atoms. The smallest absolute Gasteiger partial charge is 0.262 e. The van der Waals surface area contributed by atoms with Crippen molar-refractivity contribution in [2.75, 3.05) is 33.4 Å². The van der Waals surface area contributed by atoms with E-state index in [1.807, 2.05) is 54.6 Å². The van der Waals surface area contributed by atoms with Crippen LogP contribution in [0.2, 0.25) is 0 Å². The molecule has 1 atom stereocenters. The van der Waals surface area contributed by atoms with Crippen LogP contribution < -0.4 is 20.8 Å². The number of carbonyl (C=O) groups is 1. The van der Waals surface area contributed by atoms with Crippen LogP contribution in [0.4, 0.5) is 0 Å². The number of likely N-dealkylation sites (tertiary alicyclic amines) is 1. The van der Waals surface area contributed by atoms with Crippen LogP contribution in [0, 0.1) is 0 Å². The number of piperidine rings is 1. The third-order valence-corrected chi connectivity index (χ3v) is 7.45. The molecule has 4 aromatic rings. The van der Waals surface area contributed by atoms with Crippen molar-refractivity contribution in [3.05, 3.63) is 88.7 Å². The van der Waals surface area contributed by atoms with Gasteiger partial charge in [-0.05, 0) is 68.2 Å². The van der Waals surface area contributed by atoms with E-state index in [1.54, 1.807) is 25.3 Å². The lowest BCUT2D eigenvalue weighted by atomic mass is 10.0. The SMILES string of the molecule is COc1cccc(-c2nc3ccc(OCCCN4CCCCC4)cc3c(=O)n2C(Cc2ccccc2)C(N)=O)c1. The molecule has 2 heterocycles. The second-order valence-electron chi connectivity index (χ2n) is 10.2. The molecule has 1 aliphatic rings. The van der Waals surface area contributed by atoms with Gasteiger partial charge in [0.25, 0.3) is 5.56 Å². The van der Waals surface area contributed by atoms with Gasteiger partial charge < -0.3 is 20.1 Å². The molecule has 1 saturated heterocycles. The predicted octanol–water partition coefficient (Wildman–Crippen LogP) is 4.60. The standard InChI is InChI=1S/C32H36N4O4/c1-39-25-13-8-12-24(21-25)31-34-28-15-14-26(40-19-9-18-35-16-6-3-7-17-35)22-27(28)32(38)36(31)29(30(33)37)20-23-10-4-2-5-11-23/h2,4-5,8,10-15,21-22,29H,3,6-7,9,16-20H2,1H3,(H2,33,37). The summed E-state index contributed by atoms with van der Waals surface area (Å²) in [6.07, 6.45) is 5.01. The van der Waals surface area contributed by atoms with Crippen LogP contribution in [0.5, 0.6) is 11.5 Å². The number of aromatic nitrogens is 2. The lowest BCUT2D eigenvalue weighted by Crippen LogP contribution is -2.37. The van der Waals surface area contributed by atoms with Gasteiger partial charge in [-0.3, -0.25) is 14.2 Å². The summed E-state index contributed by atoms with van der Waals surface area (Å²) in [6, 6.07) is 21.2. The molecule has 1 fully saturated rings. The average molecular weight is 541 g/mol. The molecule has 0 spiro atoms. The number of hydrogen-bond donors (Lipinski definition) is 1. The summed E-state index contributed by atoms with van der Waals surface area (Å²) in [5.41, 5.74) is 7.63. The Morgan fingerprint density at radius 3 is 2.52 bits per heavy atom. The largest absolute Gasteiger partial charge is 0.497 e. The van der Waals surface area contributed by atoms with E-state index in [0.29, 0.717) is 40.4 Å². The predicted molar refractivity (Wildman–Crippen MR) is 157 cm³/mol. The van der Waals surface area contributed by atoms with E-state index >= 15 is 0 Å². The van der Waals surface area contributed by atoms with E-state index in [4.69, 9.17) is 20.2 Å². The first kappa shape index (κ1) is 27.4. The summed E-state index contributed by atoms with van der Waals surface area (Å²) in [5, 5.41) is 0.375. The molecule has 8 heteroatoms. The number of nitrogens with two attached hydrogens (primary N) is 1. The number of rotatable bonds is 11. The van der Waals surface area contributed by atoms with E-state index in [0.717, 1.165) is 31.6 Å². The van der Waals surface area contributed by atoms with Crippen LogP contribution in [-0.2, 0) is 11.2 Å². The molecular weight excluding hydrogens is 504 g/mol. The molecule has 1 amide bonds. The van der Waals surface area contributed by atoms with Crippen LogP contribution in [0.15, 0.2) is 77.6 Å². The van der Waals surface area contributed by atoms with Gasteiger partial charge in [0.2, 0.25) is 5.91 Å². The second-order valence-corrected chi connectivity index (χ2v) is 10.2. The minimum atomic E-state index is -0.942. The zero-order valence-corrected chi connectivity index (χ0v) is 22.9. The van der Waals surface area contributed by atoms with Crippen molar-refractivity contribution in [2.24, 2.45) is 5.73 Å². The van der Waals surface area contributed by atoms with Gasteiger partial charge in [-0.2, -0.15) is 0 Å². The van der Waals surface area contributed by atoms with E-state index < -0.39 is 11.9 Å². The molecule has 2 N–H and O–H groups in total. The van der Waals surface area contributed by atoms with Crippen molar-refractivity contribution in [3.63, 3.8) is 0 Å². The Kier molecular flexibility index (Phi) is 8.76. The highest BCUT2D eigenvalue weighted by Gasteiger charge is 2.25. The number of methoxy groups -OCH3 is 1. The Labute approximate surface area is 234 Å². The fourth-order valence-corrected chi connectivity index (χ4v) is 5.34. The zero-order valence-electron chi connectivity index (χ0n) is 22.9. The third-order valence-electron chi connectivity index (χ3n) is 7.45. The molecule has 0 aliphatic carbocycles. The molecule has 208 valence electrons. The molecule has 1 aromatic heterocycles. The molecule has 5 rings (SSSR count). The van der Waals surface area contributed by atoms with Gasteiger partial charge in [-0.15, -0.1) is 0 Å². The minimum absolute atomic E-state index is 0.257. The van der Waals surface area contributed by atoms with Gasteiger partial charge in [-0.25, -0.2) is 4.98 Å². The highest BCUT2D eigenvalue weighted by atomic mass is 16.5. The monoisotopic (exact) mass is 540 g/mol. The van der Waals surface area contributed by atoms with E-state index in [-0.39, 0.29) is 12.0 Å². The first-order valence-corrected chi connectivity index (χ1v) is 13.9. The molecule has 0 bridgehead atoms. The molecule has 0 radical (unpaired) electrons. The van der Waals surface area contributed by atoms with Crippen molar-refractivity contribution in [2.45, 2.75) is 38.1 Å². The summed E-state index contributed by atoms with van der Waals surface area (Å²) in [7, 11) is 1.58. The number of amides is 1. The Hall–Kier alpha value is -4.17. The highest BCUT2D eigenvalue weighted by molar-refractivity contribution is 5.84. The van der Waals surface area contributed by atoms with Crippen molar-refractivity contribution >= 4 is 16.8 Å². The topological polar surface area (TPSA) is 99.7 Å². The van der Waals surface area contributed by atoms with Crippen molar-refractivity contribution in [1.82, 2.24) is 14.5 Å². The van der Waals surface area contributed by atoms with Gasteiger partial charge in [0.15, 0.2) is 0 Å². The Balaban J connectivity index is 1.51. The Morgan fingerprint density at radius 2 is 1.77 bits per heavy atom. The summed E-state index contributed by atoms with van der Waals surface area (Å²) in [6.45, 7) is 3.87. The number of benzene rings is 3. The fraction of sp³-hybridized carbons (Fsp3) is 0.344. The van der Waals surface area contributed by atoms with Gasteiger partial charge >= 0.3 is 0 Å². The number of ether oxygens (including phenoxy) is 2. The Morgan fingerprint density at radius 1 is 0.975 bits per heavy atom. The van der Waals surface area contributed by atoms with Crippen molar-refractivity contribution < 1.29 is 14.3 Å². The van der Waals surface area contributed by atoms with Crippen LogP contribution in [0.25, 0.3) is 22.3 Å². The van der Waals surface area contributed by atoms with E-state index in [2.05, 4.69) is 4.90 Å². The maximum atomic E-state index is 14.1. The van der Waals surface area contributed by atoms with E-state index in [1.165, 1.54) is 23.8 Å². The number of primary amides is 1. The summed E-state index contributed by atoms with van der Waals surface area (Å²) in [4.78, 5) is 34.3. The van der Waals surface area contributed by atoms with E-state index in [9.17, 15) is 9.59 Å². The third kappa shape index (κ3) is 6.34. The zero-order chi connectivity index (χ0) is 27.9.